The van der Waals surface area contributed by atoms with Crippen LogP contribution in [-0.4, -0.2) is 33.4 Å². The highest BCUT2D eigenvalue weighted by Crippen LogP contribution is 2.20. The highest BCUT2D eigenvalue weighted by atomic mass is 15.2. The van der Waals surface area contributed by atoms with Gasteiger partial charge in [-0.05, 0) is 38.1 Å². The Bertz CT molecular complexity index is 517. The van der Waals surface area contributed by atoms with Crippen molar-refractivity contribution in [1.29, 1.82) is 0 Å². The molecule has 18 heavy (non-hydrogen) atoms. The van der Waals surface area contributed by atoms with Gasteiger partial charge in [0.25, 0.3) is 0 Å². The summed E-state index contributed by atoms with van der Waals surface area (Å²) in [5.41, 5.74) is 1.20. The highest BCUT2D eigenvalue weighted by Gasteiger charge is 2.22. The van der Waals surface area contributed by atoms with Gasteiger partial charge < -0.3 is 9.30 Å². The number of hydrogen-bond donors (Lipinski definition) is 0. The summed E-state index contributed by atoms with van der Waals surface area (Å²) in [6, 6.07) is 6.94. The average Bonchev–Trinajstić information content (AvgIpc) is 2.83. The molecular formula is C15H21N3. The lowest BCUT2D eigenvalue weighted by molar-refractivity contribution is 0.153. The number of pyridine rings is 1. The fourth-order valence-electron chi connectivity index (χ4n) is 3.07. The molecule has 96 valence electrons. The molecule has 3 heteroatoms. The number of likely N-dealkylation sites (tertiary alicyclic amines) is 1. The molecule has 1 saturated heterocycles. The van der Waals surface area contributed by atoms with E-state index < -0.39 is 0 Å². The van der Waals surface area contributed by atoms with E-state index >= 15 is 0 Å². The second kappa shape index (κ2) is 5.11. The molecular weight excluding hydrogens is 222 g/mol. The van der Waals surface area contributed by atoms with Crippen LogP contribution in [0.2, 0.25) is 0 Å². The molecule has 3 heterocycles. The van der Waals surface area contributed by atoms with Crippen molar-refractivity contribution in [3.8, 4) is 0 Å². The zero-order valence-corrected chi connectivity index (χ0v) is 11.0. The van der Waals surface area contributed by atoms with Crippen molar-refractivity contribution in [3.05, 3.63) is 36.4 Å². The highest BCUT2D eigenvalue weighted by molar-refractivity contribution is 5.45. The topological polar surface area (TPSA) is 20.5 Å². The first kappa shape index (κ1) is 11.7. The maximum absolute atomic E-state index is 4.59. The number of hydrogen-bond acceptors (Lipinski definition) is 2. The predicted octanol–water partition coefficient (Wildman–Crippen LogP) is 2.75. The zero-order chi connectivity index (χ0) is 12.4. The molecule has 0 bridgehead atoms. The molecule has 2 aromatic rings. The van der Waals surface area contributed by atoms with Gasteiger partial charge >= 0.3 is 0 Å². The summed E-state index contributed by atoms with van der Waals surface area (Å²) in [6.45, 7) is 4.68. The Labute approximate surface area is 108 Å². The number of fused-ring (bicyclic) bond motifs is 1. The molecule has 1 aliphatic rings. The van der Waals surface area contributed by atoms with Crippen molar-refractivity contribution < 1.29 is 0 Å². The second-order valence-electron chi connectivity index (χ2n) is 5.15. The third-order valence-electron chi connectivity index (χ3n) is 4.09. The van der Waals surface area contributed by atoms with Gasteiger partial charge in [0.2, 0.25) is 0 Å². The summed E-state index contributed by atoms with van der Waals surface area (Å²) < 4.78 is 2.22. The Balaban J connectivity index is 1.82. The van der Waals surface area contributed by atoms with E-state index in [1.165, 1.54) is 37.1 Å². The van der Waals surface area contributed by atoms with Crippen LogP contribution in [0.1, 0.15) is 32.0 Å². The lowest BCUT2D eigenvalue weighted by Gasteiger charge is -2.34. The summed E-state index contributed by atoms with van der Waals surface area (Å²) in [5, 5.41) is 0. The van der Waals surface area contributed by atoms with Gasteiger partial charge in [0, 0.05) is 18.7 Å². The van der Waals surface area contributed by atoms with Gasteiger partial charge in [0.15, 0.2) is 0 Å². The van der Waals surface area contributed by atoms with Gasteiger partial charge in [-0.1, -0.05) is 19.4 Å². The van der Waals surface area contributed by atoms with Gasteiger partial charge in [-0.25, -0.2) is 4.98 Å². The van der Waals surface area contributed by atoms with Gasteiger partial charge in [-0.2, -0.15) is 0 Å². The monoisotopic (exact) mass is 243 g/mol. The van der Waals surface area contributed by atoms with Crippen LogP contribution < -0.4 is 0 Å². The molecule has 1 atom stereocenters. The Morgan fingerprint density at radius 3 is 3.17 bits per heavy atom. The van der Waals surface area contributed by atoms with Crippen LogP contribution >= 0.6 is 0 Å². The number of nitrogens with zero attached hydrogens (tertiary/aromatic N) is 3. The van der Waals surface area contributed by atoms with Crippen molar-refractivity contribution in [1.82, 2.24) is 14.3 Å². The molecule has 0 saturated carbocycles. The standard InChI is InChI=1S/C15H21N3/c1-2-17-9-5-3-7-13(17)11-15-16-12-14-8-4-6-10-18(14)15/h4,6,8,10,12-13H,2-3,5,7,9,11H2,1H3. The lowest BCUT2D eigenvalue weighted by atomic mass is 9.99. The Morgan fingerprint density at radius 1 is 1.33 bits per heavy atom. The predicted molar refractivity (Wildman–Crippen MR) is 73.8 cm³/mol. The van der Waals surface area contributed by atoms with Crippen LogP contribution in [0, 0.1) is 0 Å². The third kappa shape index (κ3) is 2.15. The fraction of sp³-hybridized carbons (Fsp3) is 0.533. The van der Waals surface area contributed by atoms with Crippen LogP contribution in [0.25, 0.3) is 5.52 Å². The van der Waals surface area contributed by atoms with E-state index in [1.807, 2.05) is 6.20 Å². The third-order valence-corrected chi connectivity index (χ3v) is 4.09. The maximum atomic E-state index is 4.59. The SMILES string of the molecule is CCN1CCCCC1Cc1ncc2ccccn12. The molecule has 3 rings (SSSR count). The van der Waals surface area contributed by atoms with E-state index in [4.69, 9.17) is 0 Å². The quantitative estimate of drug-likeness (QED) is 0.826. The van der Waals surface area contributed by atoms with Crippen LogP contribution in [0.4, 0.5) is 0 Å². The molecule has 0 aromatic carbocycles. The Morgan fingerprint density at radius 2 is 2.28 bits per heavy atom. The van der Waals surface area contributed by atoms with E-state index in [0.29, 0.717) is 6.04 Å². The first-order valence-electron chi connectivity index (χ1n) is 7.03. The van der Waals surface area contributed by atoms with Crippen molar-refractivity contribution >= 4 is 5.52 Å². The zero-order valence-electron chi connectivity index (χ0n) is 11.0. The first-order chi connectivity index (χ1) is 8.88. The minimum atomic E-state index is 0.676. The van der Waals surface area contributed by atoms with Crippen LogP contribution in [0.3, 0.4) is 0 Å². The number of aromatic nitrogens is 2. The average molecular weight is 243 g/mol. The van der Waals surface area contributed by atoms with E-state index in [1.54, 1.807) is 0 Å². The van der Waals surface area contributed by atoms with Gasteiger partial charge in [0.05, 0.1) is 11.7 Å². The Kier molecular flexibility index (Phi) is 3.33. The summed E-state index contributed by atoms with van der Waals surface area (Å²) in [5.74, 6) is 1.20. The van der Waals surface area contributed by atoms with E-state index in [0.717, 1.165) is 13.0 Å². The van der Waals surface area contributed by atoms with Gasteiger partial charge in [-0.3, -0.25) is 0 Å². The van der Waals surface area contributed by atoms with Gasteiger partial charge in [0.1, 0.15) is 5.82 Å². The maximum Gasteiger partial charge on any atom is 0.114 e. The smallest absolute Gasteiger partial charge is 0.114 e. The normalized spacial score (nSPS) is 21.5. The van der Waals surface area contributed by atoms with Crippen molar-refractivity contribution in [3.63, 3.8) is 0 Å². The molecule has 2 aromatic heterocycles. The molecule has 0 aliphatic carbocycles. The first-order valence-corrected chi connectivity index (χ1v) is 7.03. The summed E-state index contributed by atoms with van der Waals surface area (Å²) in [4.78, 5) is 7.20. The van der Waals surface area contributed by atoms with Gasteiger partial charge in [-0.15, -0.1) is 0 Å². The molecule has 1 unspecified atom stereocenters. The van der Waals surface area contributed by atoms with Crippen molar-refractivity contribution in [2.75, 3.05) is 13.1 Å². The van der Waals surface area contributed by atoms with Crippen molar-refractivity contribution in [2.24, 2.45) is 0 Å². The van der Waals surface area contributed by atoms with Crippen LogP contribution in [-0.2, 0) is 6.42 Å². The molecule has 0 radical (unpaired) electrons. The summed E-state index contributed by atoms with van der Waals surface area (Å²) >= 11 is 0. The Hall–Kier alpha value is -1.35. The number of likely N-dealkylation sites (N-methyl/N-ethyl adjacent to an activating group) is 1. The minimum absolute atomic E-state index is 0.676. The molecule has 1 aliphatic heterocycles. The van der Waals surface area contributed by atoms with E-state index in [9.17, 15) is 0 Å². The van der Waals surface area contributed by atoms with E-state index in [2.05, 4.69) is 45.6 Å². The van der Waals surface area contributed by atoms with Crippen LogP contribution in [0.5, 0.6) is 0 Å². The summed E-state index contributed by atoms with van der Waals surface area (Å²) in [7, 11) is 0. The summed E-state index contributed by atoms with van der Waals surface area (Å²) in [6.07, 6.45) is 9.21. The minimum Gasteiger partial charge on any atom is -0.304 e. The molecule has 0 spiro atoms. The second-order valence-corrected chi connectivity index (χ2v) is 5.15. The molecule has 0 N–H and O–H groups in total. The number of piperidine rings is 1. The molecule has 3 nitrogen and oxygen atoms in total. The fourth-order valence-corrected chi connectivity index (χ4v) is 3.07. The molecule has 1 fully saturated rings. The number of rotatable bonds is 3. The largest absolute Gasteiger partial charge is 0.304 e. The molecule has 0 amide bonds. The van der Waals surface area contributed by atoms with Crippen LogP contribution in [0.15, 0.2) is 30.6 Å². The lowest BCUT2D eigenvalue weighted by Crippen LogP contribution is -2.40. The number of imidazole rings is 1. The van der Waals surface area contributed by atoms with Crippen molar-refractivity contribution in [2.45, 2.75) is 38.6 Å². The van der Waals surface area contributed by atoms with E-state index in [-0.39, 0.29) is 0 Å².